The van der Waals surface area contributed by atoms with Crippen molar-refractivity contribution in [3.63, 3.8) is 0 Å². The zero-order valence-corrected chi connectivity index (χ0v) is 18.7. The molecule has 0 aliphatic rings. The molecule has 1 radical (unpaired) electrons. The predicted molar refractivity (Wildman–Crippen MR) is 105 cm³/mol. The second-order valence-corrected chi connectivity index (χ2v) is 6.59. The van der Waals surface area contributed by atoms with Crippen LogP contribution in [0.4, 0.5) is 0 Å². The van der Waals surface area contributed by atoms with Gasteiger partial charge in [0, 0.05) is 61.4 Å². The number of aromatic nitrogens is 1. The van der Waals surface area contributed by atoms with Crippen molar-refractivity contribution in [1.82, 2.24) is 4.98 Å². The van der Waals surface area contributed by atoms with Gasteiger partial charge in [-0.2, -0.15) is 18.2 Å². The molecular weight excluding hydrogens is 534 g/mol. The summed E-state index contributed by atoms with van der Waals surface area (Å²) in [6, 6.07) is 14.0. The first-order valence-electron chi connectivity index (χ1n) is 8.79. The number of rotatable bonds is 5. The van der Waals surface area contributed by atoms with Crippen LogP contribution in [0.1, 0.15) is 27.7 Å². The molecule has 3 aromatic rings. The largest absolute Gasteiger partial charge is 0.512 e. The zero-order valence-electron chi connectivity index (χ0n) is 16.3. The van der Waals surface area contributed by atoms with Gasteiger partial charge in [0.1, 0.15) is 5.58 Å². The number of hydrogen-bond donors (Lipinski definition) is 1. The molecule has 0 unspecified atom stereocenters. The summed E-state index contributed by atoms with van der Waals surface area (Å²) >= 11 is 0. The van der Waals surface area contributed by atoms with E-state index in [4.69, 9.17) is 9.15 Å². The van der Waals surface area contributed by atoms with E-state index in [1.807, 2.05) is 52.0 Å². The van der Waals surface area contributed by atoms with Crippen LogP contribution in [0.5, 0.6) is 11.6 Å². The number of carbonyl (C=O) groups excluding carboxylic acids is 1. The molecule has 28 heavy (non-hydrogen) atoms. The fourth-order valence-electron chi connectivity index (χ4n) is 1.93. The van der Waals surface area contributed by atoms with Gasteiger partial charge in [-0.1, -0.05) is 27.7 Å². The maximum atomic E-state index is 11.0. The number of furan rings is 1. The van der Waals surface area contributed by atoms with Crippen molar-refractivity contribution in [3.05, 3.63) is 66.8 Å². The Morgan fingerprint density at radius 1 is 1.21 bits per heavy atom. The summed E-state index contributed by atoms with van der Waals surface area (Å²) in [7, 11) is 0. The minimum absolute atomic E-state index is 0. The minimum Gasteiger partial charge on any atom is -0.512 e. The Morgan fingerprint density at radius 3 is 2.57 bits per heavy atom. The number of aliphatic hydroxyl groups is 1. The molecule has 1 aromatic carbocycles. The van der Waals surface area contributed by atoms with Crippen molar-refractivity contribution < 1.29 is 39.2 Å². The molecule has 0 atom stereocenters. The van der Waals surface area contributed by atoms with Crippen LogP contribution in [0.3, 0.4) is 0 Å². The second kappa shape index (κ2) is 11.4. The Balaban J connectivity index is 0.000000292. The topological polar surface area (TPSA) is 72.6 Å². The van der Waals surface area contributed by atoms with E-state index in [1.54, 1.807) is 24.6 Å². The fourth-order valence-corrected chi connectivity index (χ4v) is 1.93. The number of para-hydroxylation sites is 1. The number of hydrogen-bond acceptors (Lipinski definition) is 5. The van der Waals surface area contributed by atoms with Crippen molar-refractivity contribution in [2.24, 2.45) is 11.8 Å². The van der Waals surface area contributed by atoms with Crippen molar-refractivity contribution in [3.8, 4) is 11.6 Å². The SMILES string of the molecule is CC(C)C(=O)/C=C(\O)C(C)C.[Ir].[c-]1ccccc1Oc1cc2occc2cn1. The Morgan fingerprint density at radius 2 is 1.96 bits per heavy atom. The molecule has 0 spiro atoms. The molecule has 3 rings (SSSR count). The molecule has 6 heteroatoms. The smallest absolute Gasteiger partial charge is 0.220 e. The Labute approximate surface area is 178 Å². The Hall–Kier alpha value is -2.43. The fraction of sp³-hybridized carbons (Fsp3) is 0.273. The third-order valence-corrected chi connectivity index (χ3v) is 3.66. The number of nitrogens with zero attached hydrogens (tertiary/aromatic N) is 1. The molecule has 151 valence electrons. The normalized spacial score (nSPS) is 11.0. The van der Waals surface area contributed by atoms with Gasteiger partial charge < -0.3 is 14.3 Å². The van der Waals surface area contributed by atoms with Gasteiger partial charge in [-0.05, 0) is 6.07 Å². The molecule has 2 aromatic heterocycles. The quantitative estimate of drug-likeness (QED) is 0.246. The third kappa shape index (κ3) is 7.29. The summed E-state index contributed by atoms with van der Waals surface area (Å²) in [4.78, 5) is 15.2. The number of carbonyl (C=O) groups is 1. The molecule has 1 N–H and O–H groups in total. The van der Waals surface area contributed by atoms with Crippen LogP contribution in [-0.4, -0.2) is 15.9 Å². The van der Waals surface area contributed by atoms with E-state index in [2.05, 4.69) is 11.1 Å². The molecule has 0 saturated carbocycles. The molecule has 0 fully saturated rings. The summed E-state index contributed by atoms with van der Waals surface area (Å²) in [5.74, 6) is 1.30. The van der Waals surface area contributed by atoms with Crippen LogP contribution in [0.2, 0.25) is 0 Å². The summed E-state index contributed by atoms with van der Waals surface area (Å²) in [5, 5.41) is 10.1. The van der Waals surface area contributed by atoms with Crippen LogP contribution in [0, 0.1) is 17.9 Å². The van der Waals surface area contributed by atoms with Gasteiger partial charge in [-0.25, -0.2) is 4.98 Å². The summed E-state index contributed by atoms with van der Waals surface area (Å²) in [6.07, 6.45) is 4.66. The van der Waals surface area contributed by atoms with Gasteiger partial charge in [0.05, 0.1) is 12.0 Å². The Kier molecular flexibility index (Phi) is 9.63. The Bertz CT molecular complexity index is 901. The van der Waals surface area contributed by atoms with E-state index in [-0.39, 0.29) is 43.5 Å². The number of ether oxygens (including phenoxy) is 1. The number of ketones is 1. The van der Waals surface area contributed by atoms with Gasteiger partial charge in [0.15, 0.2) is 5.78 Å². The second-order valence-electron chi connectivity index (χ2n) is 6.59. The van der Waals surface area contributed by atoms with Crippen molar-refractivity contribution in [2.45, 2.75) is 27.7 Å². The van der Waals surface area contributed by atoms with Gasteiger partial charge in [0.2, 0.25) is 5.88 Å². The average Bonchev–Trinajstić information content (AvgIpc) is 3.10. The average molecular weight is 559 g/mol. The molecule has 0 bridgehead atoms. The molecule has 5 nitrogen and oxygen atoms in total. The summed E-state index contributed by atoms with van der Waals surface area (Å²) in [6.45, 7) is 7.32. The first-order chi connectivity index (χ1) is 12.9. The van der Waals surface area contributed by atoms with Crippen LogP contribution >= 0.6 is 0 Å². The molecule has 2 heterocycles. The maximum Gasteiger partial charge on any atom is 0.220 e. The van der Waals surface area contributed by atoms with E-state index in [0.717, 1.165) is 11.0 Å². The molecule has 0 aliphatic carbocycles. The number of aliphatic hydroxyl groups excluding tert-OH is 1. The number of pyridine rings is 1. The minimum atomic E-state index is -0.0316. The first kappa shape index (κ1) is 23.6. The van der Waals surface area contributed by atoms with E-state index < -0.39 is 0 Å². The monoisotopic (exact) mass is 559 g/mol. The van der Waals surface area contributed by atoms with E-state index in [1.165, 1.54) is 6.08 Å². The van der Waals surface area contributed by atoms with E-state index >= 15 is 0 Å². The molecular formula is C22H24IrNO4-. The maximum absolute atomic E-state index is 11.0. The van der Waals surface area contributed by atoms with Crippen molar-refractivity contribution in [1.29, 1.82) is 0 Å². The van der Waals surface area contributed by atoms with Gasteiger partial charge >= 0.3 is 0 Å². The van der Waals surface area contributed by atoms with Crippen LogP contribution < -0.4 is 4.74 Å². The first-order valence-corrected chi connectivity index (χ1v) is 8.79. The van der Waals surface area contributed by atoms with Crippen LogP contribution in [-0.2, 0) is 24.9 Å². The van der Waals surface area contributed by atoms with E-state index in [9.17, 15) is 9.90 Å². The van der Waals surface area contributed by atoms with Gasteiger partial charge in [0.25, 0.3) is 0 Å². The van der Waals surface area contributed by atoms with Crippen molar-refractivity contribution >= 4 is 16.8 Å². The van der Waals surface area contributed by atoms with Gasteiger partial charge in [-0.15, -0.1) is 12.1 Å². The third-order valence-electron chi connectivity index (χ3n) is 3.66. The molecule has 0 amide bonds. The summed E-state index contributed by atoms with van der Waals surface area (Å²) in [5.41, 5.74) is 0.765. The van der Waals surface area contributed by atoms with Crippen molar-refractivity contribution in [2.75, 3.05) is 0 Å². The molecule has 0 aliphatic heterocycles. The summed E-state index contributed by atoms with van der Waals surface area (Å²) < 4.78 is 10.8. The van der Waals surface area contributed by atoms with Gasteiger partial charge in [-0.3, -0.25) is 4.79 Å². The van der Waals surface area contributed by atoms with Crippen LogP contribution in [0.25, 0.3) is 11.0 Å². The number of fused-ring (bicyclic) bond motifs is 1. The van der Waals surface area contributed by atoms with E-state index in [0.29, 0.717) is 11.6 Å². The predicted octanol–water partition coefficient (Wildman–Crippen LogP) is 5.73. The standard InChI is InChI=1S/C13H8NO2.C9H16O2.Ir/c1-2-4-11(5-3-1)16-13-8-12-10(9-14-13)6-7-15-12;1-6(2)8(10)5-9(11)7(3)4;/h1-4,6-9H;5-7,10H,1-4H3;/q-1;;/b;8-5-;. The number of benzene rings is 1. The molecule has 0 saturated heterocycles. The number of allylic oxidation sites excluding steroid dienone is 2. The van der Waals surface area contributed by atoms with Crippen LogP contribution in [0.15, 0.2) is 65.1 Å². The zero-order chi connectivity index (χ0) is 19.8.